The maximum absolute atomic E-state index is 12.2. The standard InChI is InChI=1S/C17H19N3OS2/c21-16(12-23-17(22)20-10-2-1-3-11-20)19-15-8-4-7-14-13(15)6-5-9-18-14/h4-9H,1-3,10-12H2,(H,19,21). The molecule has 6 heteroatoms. The van der Waals surface area contributed by atoms with E-state index in [0.717, 1.165) is 34.0 Å². The molecule has 3 rings (SSSR count). The van der Waals surface area contributed by atoms with Gasteiger partial charge in [0.1, 0.15) is 4.32 Å². The second-order valence-corrected chi connectivity index (χ2v) is 7.14. The number of aromatic nitrogens is 1. The molecule has 1 saturated heterocycles. The molecular weight excluding hydrogens is 326 g/mol. The number of rotatable bonds is 3. The van der Waals surface area contributed by atoms with Gasteiger partial charge in [-0.3, -0.25) is 9.78 Å². The van der Waals surface area contributed by atoms with Crippen LogP contribution in [0.4, 0.5) is 5.69 Å². The van der Waals surface area contributed by atoms with Gasteiger partial charge in [-0.25, -0.2) is 0 Å². The van der Waals surface area contributed by atoms with Gasteiger partial charge in [-0.15, -0.1) is 0 Å². The maximum atomic E-state index is 12.2. The lowest BCUT2D eigenvalue weighted by Crippen LogP contribution is -2.33. The Kier molecular flexibility index (Phi) is 5.46. The number of likely N-dealkylation sites (tertiary alicyclic amines) is 1. The molecular formula is C17H19N3OS2. The van der Waals surface area contributed by atoms with Crippen LogP contribution in [0.1, 0.15) is 19.3 Å². The topological polar surface area (TPSA) is 45.2 Å². The van der Waals surface area contributed by atoms with Crippen molar-refractivity contribution in [1.29, 1.82) is 0 Å². The highest BCUT2D eigenvalue weighted by Crippen LogP contribution is 2.22. The van der Waals surface area contributed by atoms with E-state index in [-0.39, 0.29) is 5.91 Å². The molecule has 1 aromatic heterocycles. The summed E-state index contributed by atoms with van der Waals surface area (Å²) in [5.41, 5.74) is 1.67. The molecule has 1 N–H and O–H groups in total. The lowest BCUT2D eigenvalue weighted by molar-refractivity contribution is -0.113. The van der Waals surface area contributed by atoms with Crippen LogP contribution in [0.25, 0.3) is 10.9 Å². The van der Waals surface area contributed by atoms with E-state index in [1.165, 1.54) is 31.0 Å². The number of nitrogens with zero attached hydrogens (tertiary/aromatic N) is 2. The first-order valence-electron chi connectivity index (χ1n) is 7.79. The second-order valence-electron chi connectivity index (χ2n) is 5.53. The molecule has 23 heavy (non-hydrogen) atoms. The van der Waals surface area contributed by atoms with Crippen molar-refractivity contribution in [3.05, 3.63) is 36.5 Å². The first kappa shape index (κ1) is 16.2. The van der Waals surface area contributed by atoms with Gasteiger partial charge in [0.2, 0.25) is 5.91 Å². The summed E-state index contributed by atoms with van der Waals surface area (Å²) in [6.45, 7) is 2.03. The van der Waals surface area contributed by atoms with Gasteiger partial charge in [0.15, 0.2) is 0 Å². The van der Waals surface area contributed by atoms with Crippen molar-refractivity contribution in [2.24, 2.45) is 0 Å². The van der Waals surface area contributed by atoms with Crippen molar-refractivity contribution < 1.29 is 4.79 Å². The number of amides is 1. The Morgan fingerprint density at radius 2 is 2.04 bits per heavy atom. The smallest absolute Gasteiger partial charge is 0.234 e. The van der Waals surface area contributed by atoms with Crippen LogP contribution < -0.4 is 5.32 Å². The van der Waals surface area contributed by atoms with E-state index in [1.54, 1.807) is 6.20 Å². The van der Waals surface area contributed by atoms with Crippen molar-refractivity contribution in [1.82, 2.24) is 9.88 Å². The van der Waals surface area contributed by atoms with Crippen LogP contribution in [0, 0.1) is 0 Å². The van der Waals surface area contributed by atoms with Crippen molar-refractivity contribution in [2.75, 3.05) is 24.2 Å². The number of fused-ring (bicyclic) bond motifs is 1. The van der Waals surface area contributed by atoms with E-state index in [2.05, 4.69) is 15.2 Å². The number of hydrogen-bond acceptors (Lipinski definition) is 4. The van der Waals surface area contributed by atoms with Gasteiger partial charge in [0, 0.05) is 24.7 Å². The summed E-state index contributed by atoms with van der Waals surface area (Å²) in [6, 6.07) is 9.57. The molecule has 0 bridgehead atoms. The van der Waals surface area contributed by atoms with E-state index >= 15 is 0 Å². The van der Waals surface area contributed by atoms with Gasteiger partial charge >= 0.3 is 0 Å². The number of carbonyl (C=O) groups is 1. The quantitative estimate of drug-likeness (QED) is 0.860. The molecule has 120 valence electrons. The monoisotopic (exact) mass is 345 g/mol. The third kappa shape index (κ3) is 4.20. The zero-order chi connectivity index (χ0) is 16.1. The number of pyridine rings is 1. The summed E-state index contributed by atoms with van der Waals surface area (Å²) >= 11 is 6.88. The summed E-state index contributed by atoms with van der Waals surface area (Å²) in [6.07, 6.45) is 5.41. The molecule has 2 heterocycles. The molecule has 1 amide bonds. The number of thiocarbonyl (C=S) groups is 1. The number of hydrogen-bond donors (Lipinski definition) is 1. The Morgan fingerprint density at radius 3 is 2.87 bits per heavy atom. The average Bonchev–Trinajstić information content (AvgIpc) is 2.61. The summed E-state index contributed by atoms with van der Waals surface area (Å²) in [7, 11) is 0. The first-order chi connectivity index (χ1) is 11.2. The van der Waals surface area contributed by atoms with Crippen molar-refractivity contribution in [3.63, 3.8) is 0 Å². The van der Waals surface area contributed by atoms with Gasteiger partial charge in [-0.1, -0.05) is 30.0 Å². The largest absolute Gasteiger partial charge is 0.358 e. The lowest BCUT2D eigenvalue weighted by atomic mass is 10.1. The minimum atomic E-state index is -0.0364. The lowest BCUT2D eigenvalue weighted by Gasteiger charge is -2.28. The Morgan fingerprint density at radius 1 is 1.22 bits per heavy atom. The number of carbonyl (C=O) groups excluding carboxylic acids is 1. The van der Waals surface area contributed by atoms with E-state index in [1.807, 2.05) is 30.3 Å². The van der Waals surface area contributed by atoms with Crippen molar-refractivity contribution in [2.45, 2.75) is 19.3 Å². The fourth-order valence-corrected chi connectivity index (χ4v) is 3.74. The highest BCUT2D eigenvalue weighted by Gasteiger charge is 2.15. The molecule has 0 radical (unpaired) electrons. The predicted molar refractivity (Wildman–Crippen MR) is 101 cm³/mol. The number of piperidine rings is 1. The zero-order valence-electron chi connectivity index (χ0n) is 12.8. The Balaban J connectivity index is 1.57. The fraction of sp³-hybridized carbons (Fsp3) is 0.353. The molecule has 1 aromatic carbocycles. The minimum Gasteiger partial charge on any atom is -0.358 e. The minimum absolute atomic E-state index is 0.0364. The third-order valence-electron chi connectivity index (χ3n) is 3.86. The molecule has 1 aliphatic heterocycles. The number of nitrogens with one attached hydrogen (secondary N) is 1. The van der Waals surface area contributed by atoms with Gasteiger partial charge in [-0.2, -0.15) is 0 Å². The molecule has 0 aliphatic carbocycles. The number of thioether (sulfide) groups is 1. The highest BCUT2D eigenvalue weighted by molar-refractivity contribution is 8.23. The summed E-state index contributed by atoms with van der Waals surface area (Å²) in [5, 5.41) is 3.92. The molecule has 0 atom stereocenters. The van der Waals surface area contributed by atoms with E-state index in [9.17, 15) is 4.79 Å². The molecule has 0 unspecified atom stereocenters. The SMILES string of the molecule is O=C(CSC(=S)N1CCCCC1)Nc1cccc2ncccc12. The molecule has 1 aliphatic rings. The summed E-state index contributed by atoms with van der Waals surface area (Å²) < 4.78 is 0.833. The molecule has 1 fully saturated rings. The molecule has 2 aromatic rings. The second kappa shape index (κ2) is 7.75. The zero-order valence-corrected chi connectivity index (χ0v) is 14.5. The van der Waals surface area contributed by atoms with Crippen molar-refractivity contribution in [3.8, 4) is 0 Å². The summed E-state index contributed by atoms with van der Waals surface area (Å²) in [4.78, 5) is 18.7. The Labute approximate surface area is 145 Å². The van der Waals surface area contributed by atoms with Gasteiger partial charge in [-0.05, 0) is 43.5 Å². The predicted octanol–water partition coefficient (Wildman–Crippen LogP) is 3.68. The van der Waals surface area contributed by atoms with E-state index in [0.29, 0.717) is 5.75 Å². The summed E-state index contributed by atoms with van der Waals surface area (Å²) in [5.74, 6) is 0.303. The van der Waals surface area contributed by atoms with Crippen LogP contribution in [0.2, 0.25) is 0 Å². The van der Waals surface area contributed by atoms with Crippen LogP contribution in [0.15, 0.2) is 36.5 Å². The first-order valence-corrected chi connectivity index (χ1v) is 9.19. The van der Waals surface area contributed by atoms with Gasteiger partial charge < -0.3 is 10.2 Å². The normalized spacial score (nSPS) is 14.7. The Bertz CT molecular complexity index is 709. The van der Waals surface area contributed by atoms with Crippen LogP contribution in [0.3, 0.4) is 0 Å². The fourth-order valence-electron chi connectivity index (χ4n) is 2.69. The average molecular weight is 345 g/mol. The van der Waals surface area contributed by atoms with Gasteiger partial charge in [0.05, 0.1) is 17.0 Å². The Hall–Kier alpha value is -1.66. The van der Waals surface area contributed by atoms with Crippen LogP contribution in [-0.4, -0.2) is 39.0 Å². The maximum Gasteiger partial charge on any atom is 0.234 e. The van der Waals surface area contributed by atoms with Crippen LogP contribution in [-0.2, 0) is 4.79 Å². The van der Waals surface area contributed by atoms with Gasteiger partial charge in [0.25, 0.3) is 0 Å². The van der Waals surface area contributed by atoms with Crippen molar-refractivity contribution >= 4 is 50.8 Å². The highest BCUT2D eigenvalue weighted by atomic mass is 32.2. The molecule has 0 saturated carbocycles. The molecule has 0 spiro atoms. The van der Waals surface area contributed by atoms with Crippen LogP contribution in [0.5, 0.6) is 0 Å². The number of anilines is 1. The third-order valence-corrected chi connectivity index (χ3v) is 5.38. The molecule has 4 nitrogen and oxygen atoms in total. The van der Waals surface area contributed by atoms with E-state index < -0.39 is 0 Å². The van der Waals surface area contributed by atoms with E-state index in [4.69, 9.17) is 12.2 Å². The number of benzene rings is 1. The van der Waals surface area contributed by atoms with Crippen LogP contribution >= 0.6 is 24.0 Å².